The molecule has 1 rings (SSSR count). The molecule has 0 N–H and O–H groups in total. The van der Waals surface area contributed by atoms with E-state index in [0.29, 0.717) is 0 Å². The number of allylic oxidation sites excluding steroid dienone is 2. The van der Waals surface area contributed by atoms with E-state index >= 15 is 0 Å². The van der Waals surface area contributed by atoms with Crippen LogP contribution in [0.1, 0.15) is 6.42 Å². The molecular formula is C9H8BrF6N. The predicted molar refractivity (Wildman–Crippen MR) is 53.4 cm³/mol. The Kier molecular flexibility index (Phi) is 4.16. The van der Waals surface area contributed by atoms with Gasteiger partial charge in [-0.2, -0.15) is 26.3 Å². The van der Waals surface area contributed by atoms with Gasteiger partial charge in [0.2, 0.25) is 0 Å². The van der Waals surface area contributed by atoms with Crippen molar-refractivity contribution in [1.82, 2.24) is 4.90 Å². The van der Waals surface area contributed by atoms with Crippen molar-refractivity contribution in [3.05, 3.63) is 22.3 Å². The molecule has 0 bridgehead atoms. The van der Waals surface area contributed by atoms with Crippen LogP contribution in [0.3, 0.4) is 0 Å². The fourth-order valence-electron chi connectivity index (χ4n) is 1.27. The summed E-state index contributed by atoms with van der Waals surface area (Å²) in [6.07, 6.45) is -7.95. The van der Waals surface area contributed by atoms with Gasteiger partial charge in [-0.15, -0.1) is 0 Å². The van der Waals surface area contributed by atoms with E-state index in [-0.39, 0.29) is 4.48 Å². The molecule has 0 radical (unpaired) electrons. The lowest BCUT2D eigenvalue weighted by Gasteiger charge is -2.27. The van der Waals surface area contributed by atoms with E-state index in [4.69, 9.17) is 0 Å². The largest absolute Gasteiger partial charge is 0.414 e. The molecule has 0 atom stereocenters. The van der Waals surface area contributed by atoms with Crippen LogP contribution in [0.4, 0.5) is 26.3 Å². The first-order valence-electron chi connectivity index (χ1n) is 4.54. The van der Waals surface area contributed by atoms with Crippen molar-refractivity contribution in [2.45, 2.75) is 18.8 Å². The quantitative estimate of drug-likeness (QED) is 0.695. The summed E-state index contributed by atoms with van der Waals surface area (Å²) in [4.78, 5) is 0.987. The van der Waals surface area contributed by atoms with Gasteiger partial charge in [0.05, 0.1) is 12.0 Å². The molecule has 1 aliphatic heterocycles. The van der Waals surface area contributed by atoms with Crippen molar-refractivity contribution in [3.63, 3.8) is 0 Å². The SMILES string of the molecule is FC(F)(F)CCN1C=C(Br)C=C(C(F)(F)F)C1. The van der Waals surface area contributed by atoms with Crippen LogP contribution in [0.5, 0.6) is 0 Å². The van der Waals surface area contributed by atoms with Crippen molar-refractivity contribution in [2.24, 2.45) is 0 Å². The minimum absolute atomic E-state index is 0.109. The van der Waals surface area contributed by atoms with Gasteiger partial charge in [0.25, 0.3) is 0 Å². The van der Waals surface area contributed by atoms with Gasteiger partial charge in [-0.25, -0.2) is 0 Å². The summed E-state index contributed by atoms with van der Waals surface area (Å²) in [5, 5.41) is 0. The highest BCUT2D eigenvalue weighted by Gasteiger charge is 2.36. The number of rotatable bonds is 2. The minimum atomic E-state index is -4.52. The van der Waals surface area contributed by atoms with Crippen molar-refractivity contribution >= 4 is 15.9 Å². The molecule has 1 nitrogen and oxygen atoms in total. The first-order chi connectivity index (χ1) is 7.58. The van der Waals surface area contributed by atoms with Gasteiger partial charge >= 0.3 is 12.4 Å². The highest BCUT2D eigenvalue weighted by Crippen LogP contribution is 2.32. The predicted octanol–water partition coefficient (Wildman–Crippen LogP) is 3.98. The second-order valence-corrected chi connectivity index (χ2v) is 4.43. The second kappa shape index (κ2) is 4.91. The first kappa shape index (κ1) is 14.4. The smallest absolute Gasteiger partial charge is 0.372 e. The summed E-state index contributed by atoms with van der Waals surface area (Å²) in [6.45, 7) is -1.05. The Balaban J connectivity index is 2.66. The first-order valence-corrected chi connectivity index (χ1v) is 5.33. The molecular weight excluding hydrogens is 316 g/mol. The molecule has 1 aliphatic rings. The van der Waals surface area contributed by atoms with Gasteiger partial charge in [0, 0.05) is 23.8 Å². The van der Waals surface area contributed by atoms with E-state index in [0.717, 1.165) is 11.0 Å². The highest BCUT2D eigenvalue weighted by molar-refractivity contribution is 9.11. The maximum absolute atomic E-state index is 12.4. The molecule has 0 spiro atoms. The molecule has 1 heterocycles. The number of hydrogen-bond acceptors (Lipinski definition) is 1. The number of nitrogens with zero attached hydrogens (tertiary/aromatic N) is 1. The number of alkyl halides is 6. The molecule has 17 heavy (non-hydrogen) atoms. The van der Waals surface area contributed by atoms with E-state index < -0.39 is 37.4 Å². The summed E-state index contributed by atoms with van der Waals surface area (Å²) in [5.41, 5.74) is -0.867. The summed E-state index contributed by atoms with van der Waals surface area (Å²) in [5.74, 6) is 0. The van der Waals surface area contributed by atoms with Crippen LogP contribution in [0, 0.1) is 0 Å². The zero-order valence-corrected chi connectivity index (χ0v) is 9.95. The van der Waals surface area contributed by atoms with Crippen molar-refractivity contribution in [1.29, 1.82) is 0 Å². The molecule has 98 valence electrons. The fourth-order valence-corrected chi connectivity index (χ4v) is 1.84. The molecule has 0 aromatic rings. The third-order valence-corrected chi connectivity index (χ3v) is 2.47. The molecule has 0 saturated carbocycles. The summed E-state index contributed by atoms with van der Waals surface area (Å²) in [6, 6.07) is 0. The zero-order chi connectivity index (χ0) is 13.3. The fraction of sp³-hybridized carbons (Fsp3) is 0.556. The van der Waals surface area contributed by atoms with Crippen LogP contribution in [0.2, 0.25) is 0 Å². The van der Waals surface area contributed by atoms with Gasteiger partial charge in [-0.1, -0.05) is 0 Å². The van der Waals surface area contributed by atoms with Gasteiger partial charge in [-0.05, 0) is 22.0 Å². The third-order valence-electron chi connectivity index (χ3n) is 2.04. The van der Waals surface area contributed by atoms with Crippen molar-refractivity contribution in [2.75, 3.05) is 13.1 Å². The molecule has 0 aliphatic carbocycles. The topological polar surface area (TPSA) is 3.24 Å². The highest BCUT2D eigenvalue weighted by atomic mass is 79.9. The molecule has 0 fully saturated rings. The van der Waals surface area contributed by atoms with Gasteiger partial charge in [0.1, 0.15) is 0 Å². The molecule has 0 aromatic heterocycles. The van der Waals surface area contributed by atoms with E-state index in [9.17, 15) is 26.3 Å². The zero-order valence-electron chi connectivity index (χ0n) is 8.37. The van der Waals surface area contributed by atoms with Crippen molar-refractivity contribution < 1.29 is 26.3 Å². The maximum Gasteiger partial charge on any atom is 0.414 e. The Morgan fingerprint density at radius 2 is 1.76 bits per heavy atom. The van der Waals surface area contributed by atoms with E-state index in [1.165, 1.54) is 6.20 Å². The summed E-state index contributed by atoms with van der Waals surface area (Å²) >= 11 is 2.84. The molecule has 0 aromatic carbocycles. The number of halogens is 7. The molecule has 0 amide bonds. The van der Waals surface area contributed by atoms with Gasteiger partial charge < -0.3 is 4.90 Å². The lowest BCUT2D eigenvalue weighted by Crippen LogP contribution is -2.31. The van der Waals surface area contributed by atoms with Crippen LogP contribution in [-0.2, 0) is 0 Å². The molecule has 0 saturated heterocycles. The maximum atomic E-state index is 12.4. The summed E-state index contributed by atoms with van der Waals surface area (Å²) < 4.78 is 73.1. The minimum Gasteiger partial charge on any atom is -0.372 e. The van der Waals surface area contributed by atoms with E-state index in [2.05, 4.69) is 15.9 Å². The van der Waals surface area contributed by atoms with Crippen LogP contribution in [0.25, 0.3) is 0 Å². The Labute approximate surface area is 102 Å². The third kappa shape index (κ3) is 5.01. The summed E-state index contributed by atoms with van der Waals surface area (Å²) in [7, 11) is 0. The average Bonchev–Trinajstić information content (AvgIpc) is 2.11. The Hall–Kier alpha value is -0.660. The van der Waals surface area contributed by atoms with Gasteiger partial charge in [-0.3, -0.25) is 0 Å². The second-order valence-electron chi connectivity index (χ2n) is 3.52. The Morgan fingerprint density at radius 1 is 1.18 bits per heavy atom. The average molecular weight is 324 g/mol. The van der Waals surface area contributed by atoms with Crippen LogP contribution < -0.4 is 0 Å². The normalized spacial score (nSPS) is 17.9. The standard InChI is InChI=1S/C9H8BrF6N/c10-7-3-6(9(14,15)16)4-17(5-7)2-1-8(11,12)13/h3,5H,1-2,4H2. The van der Waals surface area contributed by atoms with Crippen LogP contribution >= 0.6 is 15.9 Å². The lowest BCUT2D eigenvalue weighted by molar-refractivity contribution is -0.137. The number of hydrogen-bond donors (Lipinski definition) is 0. The molecule has 0 unspecified atom stereocenters. The Morgan fingerprint density at radius 3 is 2.24 bits per heavy atom. The van der Waals surface area contributed by atoms with Crippen LogP contribution in [0.15, 0.2) is 22.3 Å². The molecule has 8 heteroatoms. The lowest BCUT2D eigenvalue weighted by atomic mass is 10.1. The van der Waals surface area contributed by atoms with Crippen LogP contribution in [-0.4, -0.2) is 30.3 Å². The Bertz CT molecular complexity index is 340. The van der Waals surface area contributed by atoms with E-state index in [1.807, 2.05) is 0 Å². The van der Waals surface area contributed by atoms with Gasteiger partial charge in [0.15, 0.2) is 0 Å². The van der Waals surface area contributed by atoms with Crippen molar-refractivity contribution in [3.8, 4) is 0 Å². The van der Waals surface area contributed by atoms with E-state index in [1.54, 1.807) is 0 Å². The monoisotopic (exact) mass is 323 g/mol.